The van der Waals surface area contributed by atoms with Crippen molar-refractivity contribution >= 4 is 18.5 Å². The van der Waals surface area contributed by atoms with Gasteiger partial charge in [-0.25, -0.2) is 4.98 Å². The van der Waals surface area contributed by atoms with E-state index >= 15 is 0 Å². The van der Waals surface area contributed by atoms with E-state index in [0.29, 0.717) is 0 Å². The lowest BCUT2D eigenvalue weighted by Gasteiger charge is -2.32. The van der Waals surface area contributed by atoms with Crippen LogP contribution in [0, 0.1) is 5.89 Å². The fourth-order valence-electron chi connectivity index (χ4n) is 1.98. The molecule has 2 saturated heterocycles. The van der Waals surface area contributed by atoms with Crippen LogP contribution in [-0.4, -0.2) is 41.3 Å². The normalized spacial score (nSPS) is 48.4. The lowest BCUT2D eigenvalue weighted by Crippen LogP contribution is -2.41. The van der Waals surface area contributed by atoms with Crippen LogP contribution in [0.2, 0.25) is 0 Å². The van der Waals surface area contributed by atoms with Gasteiger partial charge in [0.15, 0.2) is 0 Å². The molecule has 1 aromatic rings. The Balaban J connectivity index is 2.22. The van der Waals surface area contributed by atoms with E-state index in [1.165, 1.54) is 6.20 Å². The summed E-state index contributed by atoms with van der Waals surface area (Å²) >= 11 is 0. The molecule has 0 N–H and O–H groups in total. The first-order valence-corrected chi connectivity index (χ1v) is 6.88. The molecule has 22 heavy (non-hydrogen) atoms. The first-order chi connectivity index (χ1) is 14.9. The van der Waals surface area contributed by atoms with Gasteiger partial charge in [0.05, 0.1) is 23.0 Å². The van der Waals surface area contributed by atoms with E-state index < -0.39 is 62.6 Å². The first kappa shape index (κ1) is 6.77. The summed E-state index contributed by atoms with van der Waals surface area (Å²) in [4.78, 5) is 8.09. The molecule has 120 valence electrons. The minimum Gasteiger partial charge on any atom is -0.398 e. The summed E-state index contributed by atoms with van der Waals surface area (Å²) in [5.41, 5.74) is -1.59. The molecule has 0 bridgehead atoms. The second kappa shape index (κ2) is 5.50. The van der Waals surface area contributed by atoms with Crippen LogP contribution in [-0.2, 0) is 9.31 Å². The highest BCUT2D eigenvalue weighted by Gasteiger charge is 2.52. The molecule has 0 aliphatic carbocycles. The molecule has 0 aromatic carbocycles. The van der Waals surface area contributed by atoms with Crippen molar-refractivity contribution in [3.63, 3.8) is 0 Å². The van der Waals surface area contributed by atoms with Gasteiger partial charge in [-0.1, -0.05) is 6.85 Å². The number of aromatic nitrogens is 2. The molecule has 1 unspecified atom stereocenters. The molecule has 2 aliphatic rings. The zero-order valence-electron chi connectivity index (χ0n) is 24.9. The van der Waals surface area contributed by atoms with Crippen LogP contribution in [0.3, 0.4) is 0 Å². The van der Waals surface area contributed by atoms with Gasteiger partial charge >= 0.3 is 7.12 Å². The quantitative estimate of drug-likeness (QED) is 0.781. The Bertz CT molecular complexity index is 970. The van der Waals surface area contributed by atoms with E-state index in [-0.39, 0.29) is 10.5 Å². The Morgan fingerprint density at radius 3 is 2.77 bits per heavy atom. The van der Waals surface area contributed by atoms with Crippen LogP contribution in [0.1, 0.15) is 63.7 Å². The second-order valence-corrected chi connectivity index (χ2v) is 6.07. The zero-order chi connectivity index (χ0) is 26.6. The summed E-state index contributed by atoms with van der Waals surface area (Å²) in [5, 5.41) is 0. The van der Waals surface area contributed by atoms with Gasteiger partial charge in [0.25, 0.3) is 0 Å². The standard InChI is InChI=1S/C16H26BN3O2/c1-12-7-6-8-20(11-12)14-10-18-9-13(19-14)17-21-15(2,3)16(4,5)22-17/h9-10,12H,6-8,11H2,1-5H3/i1D3,6D2,7D2,8D2,11D2,12D. The third kappa shape index (κ3) is 2.86. The lowest BCUT2D eigenvalue weighted by molar-refractivity contribution is 0.00578. The van der Waals surface area contributed by atoms with Crippen molar-refractivity contribution in [3.8, 4) is 0 Å². The molecule has 3 rings (SSSR count). The van der Waals surface area contributed by atoms with Crippen molar-refractivity contribution in [3.05, 3.63) is 12.4 Å². The highest BCUT2D eigenvalue weighted by molar-refractivity contribution is 6.61. The molecule has 2 fully saturated rings. The predicted molar refractivity (Wildman–Crippen MR) is 88.4 cm³/mol. The largest absolute Gasteiger partial charge is 0.516 e. The average Bonchev–Trinajstić information content (AvgIpc) is 2.86. The van der Waals surface area contributed by atoms with Crippen LogP contribution in [0.4, 0.5) is 5.82 Å². The van der Waals surface area contributed by atoms with Gasteiger partial charge in [-0.15, -0.1) is 0 Å². The fourth-order valence-corrected chi connectivity index (χ4v) is 1.98. The van der Waals surface area contributed by atoms with Crippen molar-refractivity contribution in [1.82, 2.24) is 9.97 Å². The van der Waals surface area contributed by atoms with E-state index in [9.17, 15) is 0 Å². The Kier molecular flexibility index (Phi) is 1.69. The highest BCUT2D eigenvalue weighted by Crippen LogP contribution is 2.36. The molecule has 0 saturated carbocycles. The monoisotopic (exact) mass is 315 g/mol. The molecular formula is C16H26BN3O2. The molecule has 0 spiro atoms. The van der Waals surface area contributed by atoms with Gasteiger partial charge in [-0.3, -0.25) is 4.98 Å². The third-order valence-electron chi connectivity index (χ3n) is 3.94. The minimum absolute atomic E-state index is 0.0265. The molecule has 5 nitrogen and oxygen atoms in total. The van der Waals surface area contributed by atoms with Crippen LogP contribution in [0.15, 0.2) is 12.4 Å². The molecule has 0 radical (unpaired) electrons. The van der Waals surface area contributed by atoms with Crippen molar-refractivity contribution in [2.45, 2.75) is 58.5 Å². The number of anilines is 1. The maximum absolute atomic E-state index is 8.49. The number of piperidine rings is 1. The molecule has 1 aromatic heterocycles. The van der Waals surface area contributed by atoms with E-state index in [1.807, 2.05) is 0 Å². The summed E-state index contributed by atoms with van der Waals surface area (Å²) < 4.78 is 110. The summed E-state index contributed by atoms with van der Waals surface area (Å²) in [6.07, 6.45) is -5.36. The molecule has 2 aliphatic heterocycles. The molecule has 1 atom stereocenters. The fraction of sp³-hybridized carbons (Fsp3) is 0.750. The lowest BCUT2D eigenvalue weighted by atomic mass is 9.85. The summed E-state index contributed by atoms with van der Waals surface area (Å²) in [6, 6.07) is 0. The molecule has 6 heteroatoms. The number of hydrogen-bond donors (Lipinski definition) is 0. The number of hydrogen-bond acceptors (Lipinski definition) is 5. The Hall–Kier alpha value is -1.14. The van der Waals surface area contributed by atoms with Crippen LogP contribution >= 0.6 is 0 Å². The van der Waals surface area contributed by atoms with Gasteiger partial charge in [0.1, 0.15) is 5.82 Å². The Morgan fingerprint density at radius 2 is 2.09 bits per heavy atom. The highest BCUT2D eigenvalue weighted by atomic mass is 16.7. The van der Waals surface area contributed by atoms with E-state index in [2.05, 4.69) is 9.97 Å². The van der Waals surface area contributed by atoms with Gasteiger partial charge in [0, 0.05) is 35.6 Å². The SMILES string of the molecule is [2H]C([2H])([2H])C1([2H])C([2H])([2H])N(c2cncc(B3OC(C)(C)C(C)(C)O3)n2)C([2H])([2H])C([2H])([2H])C1([2H])[2H]. The van der Waals surface area contributed by atoms with Crippen molar-refractivity contribution in [2.24, 2.45) is 5.89 Å². The predicted octanol–water partition coefficient (Wildman–Crippen LogP) is 2.01. The summed E-state index contributed by atoms with van der Waals surface area (Å²) in [6.45, 7) is -3.71. The third-order valence-corrected chi connectivity index (χ3v) is 3.94. The Labute approximate surface area is 150 Å². The molecule has 0 amide bonds. The topological polar surface area (TPSA) is 47.5 Å². The second-order valence-electron chi connectivity index (χ2n) is 6.07. The first-order valence-electron chi connectivity index (χ1n) is 12.9. The van der Waals surface area contributed by atoms with Crippen LogP contribution < -0.4 is 10.5 Å². The maximum atomic E-state index is 8.49. The van der Waals surface area contributed by atoms with E-state index in [0.717, 1.165) is 6.20 Å². The molecular weight excluding hydrogens is 277 g/mol. The maximum Gasteiger partial charge on any atom is 0.516 e. The average molecular weight is 315 g/mol. The van der Waals surface area contributed by atoms with Gasteiger partial charge in [-0.05, 0) is 46.3 Å². The van der Waals surface area contributed by atoms with Crippen molar-refractivity contribution < 1.29 is 25.8 Å². The zero-order valence-corrected chi connectivity index (χ0v) is 12.9. The van der Waals surface area contributed by atoms with Gasteiger partial charge in [0.2, 0.25) is 0 Å². The van der Waals surface area contributed by atoms with E-state index in [1.54, 1.807) is 27.7 Å². The number of nitrogens with zero attached hydrogens (tertiary/aromatic N) is 3. The smallest absolute Gasteiger partial charge is 0.398 e. The van der Waals surface area contributed by atoms with Gasteiger partial charge in [-0.2, -0.15) is 0 Å². The van der Waals surface area contributed by atoms with Crippen molar-refractivity contribution in [1.29, 1.82) is 0 Å². The van der Waals surface area contributed by atoms with Crippen LogP contribution in [0.25, 0.3) is 0 Å². The summed E-state index contributed by atoms with van der Waals surface area (Å²) in [5.74, 6) is -4.41. The van der Waals surface area contributed by atoms with Gasteiger partial charge < -0.3 is 14.2 Å². The van der Waals surface area contributed by atoms with Crippen LogP contribution in [0.5, 0.6) is 0 Å². The minimum atomic E-state index is -3.79. The molecule has 3 heterocycles. The number of rotatable bonds is 2. The van der Waals surface area contributed by atoms with Crippen molar-refractivity contribution in [2.75, 3.05) is 17.9 Å². The summed E-state index contributed by atoms with van der Waals surface area (Å²) in [7, 11) is -1.11. The Morgan fingerprint density at radius 1 is 1.36 bits per heavy atom. The van der Waals surface area contributed by atoms with E-state index in [4.69, 9.17) is 25.8 Å².